The van der Waals surface area contributed by atoms with Crippen LogP contribution in [0.2, 0.25) is 0 Å². The molecule has 0 fully saturated rings. The quantitative estimate of drug-likeness (QED) is 0.861. The van der Waals surface area contributed by atoms with Gasteiger partial charge in [0.2, 0.25) is 0 Å². The fourth-order valence-corrected chi connectivity index (χ4v) is 2.49. The van der Waals surface area contributed by atoms with Crippen LogP contribution >= 0.6 is 0 Å². The summed E-state index contributed by atoms with van der Waals surface area (Å²) in [5, 5.41) is 6.51. The lowest BCUT2D eigenvalue weighted by Crippen LogP contribution is -2.22. The first-order valence-corrected chi connectivity index (χ1v) is 6.28. The van der Waals surface area contributed by atoms with Crippen LogP contribution in [-0.2, 0) is 17.6 Å². The summed E-state index contributed by atoms with van der Waals surface area (Å²) in [5.74, 6) is 0.740. The lowest BCUT2D eigenvalue weighted by molar-refractivity contribution is -0.120. The molecule has 92 valence electrons. The second-order valence-corrected chi connectivity index (χ2v) is 4.81. The van der Waals surface area contributed by atoms with Gasteiger partial charge in [-0.25, -0.2) is 5.10 Å². The van der Waals surface area contributed by atoms with Gasteiger partial charge in [-0.2, -0.15) is 5.10 Å². The van der Waals surface area contributed by atoms with Crippen molar-refractivity contribution in [3.63, 3.8) is 0 Å². The summed E-state index contributed by atoms with van der Waals surface area (Å²) in [6.45, 7) is 2.03. The predicted octanol–water partition coefficient (Wildman–Crippen LogP) is 1.63. The zero-order valence-corrected chi connectivity index (χ0v) is 10.2. The van der Waals surface area contributed by atoms with Crippen LogP contribution < -0.4 is 5.56 Å². The number of hydrogen-bond donors (Lipinski definition) is 1. The van der Waals surface area contributed by atoms with Crippen molar-refractivity contribution in [1.82, 2.24) is 10.2 Å². The smallest absolute Gasteiger partial charge is 0.264 e. The van der Waals surface area contributed by atoms with Gasteiger partial charge in [0.1, 0.15) is 5.78 Å². The molecule has 0 bridgehead atoms. The first-order valence-electron chi connectivity index (χ1n) is 6.28. The van der Waals surface area contributed by atoms with E-state index in [9.17, 15) is 9.59 Å². The van der Waals surface area contributed by atoms with Crippen molar-refractivity contribution in [3.05, 3.63) is 27.7 Å². The van der Waals surface area contributed by atoms with E-state index in [0.717, 1.165) is 36.9 Å². The van der Waals surface area contributed by atoms with Crippen molar-refractivity contribution in [1.29, 1.82) is 0 Å². The monoisotopic (exact) mass is 234 g/mol. The molecule has 1 unspecified atom stereocenters. The zero-order chi connectivity index (χ0) is 12.3. The van der Waals surface area contributed by atoms with E-state index in [0.29, 0.717) is 24.5 Å². The third-order valence-corrected chi connectivity index (χ3v) is 3.32. The molecule has 0 saturated carbocycles. The summed E-state index contributed by atoms with van der Waals surface area (Å²) >= 11 is 0. The fourth-order valence-electron chi connectivity index (χ4n) is 2.49. The number of Topliss-reactive ketones (excluding diaryl/α,β-unsaturated/α-hetero) is 1. The highest BCUT2D eigenvalue weighted by Crippen LogP contribution is 2.25. The number of carbonyl (C=O) groups excluding carboxylic acids is 1. The molecule has 0 aliphatic heterocycles. The number of aromatic amines is 1. The summed E-state index contributed by atoms with van der Waals surface area (Å²) in [7, 11) is 0. The minimum absolute atomic E-state index is 0.149. The minimum atomic E-state index is -0.149. The molecule has 0 amide bonds. The molecule has 1 heterocycles. The molecule has 1 atom stereocenters. The van der Waals surface area contributed by atoms with Gasteiger partial charge in [0.15, 0.2) is 0 Å². The number of ketones is 1. The van der Waals surface area contributed by atoms with Crippen LogP contribution in [-0.4, -0.2) is 16.0 Å². The van der Waals surface area contributed by atoms with Gasteiger partial charge in [-0.15, -0.1) is 0 Å². The van der Waals surface area contributed by atoms with Crippen molar-refractivity contribution in [2.45, 2.75) is 45.4 Å². The second-order valence-electron chi connectivity index (χ2n) is 4.81. The Balaban J connectivity index is 2.03. The molecule has 4 nitrogen and oxygen atoms in total. The van der Waals surface area contributed by atoms with E-state index < -0.39 is 0 Å². The van der Waals surface area contributed by atoms with Gasteiger partial charge >= 0.3 is 0 Å². The number of H-pyrrole nitrogens is 1. The van der Waals surface area contributed by atoms with Crippen LogP contribution in [0.4, 0.5) is 0 Å². The lowest BCUT2D eigenvalue weighted by Gasteiger charge is -2.22. The molecule has 2 rings (SSSR count). The van der Waals surface area contributed by atoms with Crippen LogP contribution in [0.5, 0.6) is 0 Å². The van der Waals surface area contributed by atoms with Crippen LogP contribution in [0.3, 0.4) is 0 Å². The number of carbonyl (C=O) groups is 1. The maximum absolute atomic E-state index is 11.6. The van der Waals surface area contributed by atoms with E-state index in [-0.39, 0.29) is 5.56 Å². The summed E-state index contributed by atoms with van der Waals surface area (Å²) in [4.78, 5) is 22.8. The standard InChI is InChI=1S/C13H18N2O2/c1-2-3-11(16)7-9-4-5-12-10(6-9)8-13(17)15-14-12/h8-9H,2-7H2,1H3,(H,15,17). The lowest BCUT2D eigenvalue weighted by atomic mass is 9.83. The van der Waals surface area contributed by atoms with Crippen molar-refractivity contribution in [3.8, 4) is 0 Å². The fraction of sp³-hybridized carbons (Fsp3) is 0.615. The number of nitrogens with zero attached hydrogens (tertiary/aromatic N) is 1. The number of nitrogens with one attached hydrogen (secondary N) is 1. The molecule has 17 heavy (non-hydrogen) atoms. The van der Waals surface area contributed by atoms with E-state index in [1.165, 1.54) is 0 Å². The van der Waals surface area contributed by atoms with E-state index in [1.54, 1.807) is 6.07 Å². The van der Waals surface area contributed by atoms with Gasteiger partial charge in [-0.05, 0) is 37.2 Å². The summed E-state index contributed by atoms with van der Waals surface area (Å²) < 4.78 is 0. The highest BCUT2D eigenvalue weighted by atomic mass is 16.1. The molecule has 1 aliphatic carbocycles. The Morgan fingerprint density at radius 1 is 1.59 bits per heavy atom. The number of rotatable bonds is 4. The average Bonchev–Trinajstić information content (AvgIpc) is 2.28. The Hall–Kier alpha value is -1.45. The van der Waals surface area contributed by atoms with Gasteiger partial charge in [0.05, 0.1) is 5.69 Å². The van der Waals surface area contributed by atoms with Crippen LogP contribution in [0.1, 0.15) is 43.9 Å². The SMILES string of the molecule is CCCC(=O)CC1CCc2n[nH]c(=O)cc2C1. The molecular weight excluding hydrogens is 216 g/mol. The molecule has 1 aromatic rings. The molecular formula is C13H18N2O2. The Morgan fingerprint density at radius 3 is 3.18 bits per heavy atom. The number of aromatic nitrogens is 2. The van der Waals surface area contributed by atoms with E-state index >= 15 is 0 Å². The number of aryl methyl sites for hydroxylation is 1. The zero-order valence-electron chi connectivity index (χ0n) is 10.2. The van der Waals surface area contributed by atoms with E-state index in [2.05, 4.69) is 10.2 Å². The van der Waals surface area contributed by atoms with Gasteiger partial charge in [-0.3, -0.25) is 9.59 Å². The minimum Gasteiger partial charge on any atom is -0.300 e. The molecule has 4 heteroatoms. The average molecular weight is 234 g/mol. The van der Waals surface area contributed by atoms with Gasteiger partial charge < -0.3 is 0 Å². The van der Waals surface area contributed by atoms with Crippen molar-refractivity contribution in [2.24, 2.45) is 5.92 Å². The van der Waals surface area contributed by atoms with E-state index in [4.69, 9.17) is 0 Å². The Morgan fingerprint density at radius 2 is 2.41 bits per heavy atom. The van der Waals surface area contributed by atoms with Crippen LogP contribution in [0.15, 0.2) is 10.9 Å². The first-order chi connectivity index (χ1) is 8.19. The van der Waals surface area contributed by atoms with Gasteiger partial charge in [-0.1, -0.05) is 6.92 Å². The molecule has 0 spiro atoms. The topological polar surface area (TPSA) is 62.8 Å². The van der Waals surface area contributed by atoms with Crippen molar-refractivity contribution < 1.29 is 4.79 Å². The molecule has 0 radical (unpaired) electrons. The number of hydrogen-bond acceptors (Lipinski definition) is 3. The molecule has 0 aromatic carbocycles. The van der Waals surface area contributed by atoms with Gasteiger partial charge in [0.25, 0.3) is 5.56 Å². The van der Waals surface area contributed by atoms with E-state index in [1.807, 2.05) is 6.92 Å². The molecule has 0 saturated heterocycles. The van der Waals surface area contributed by atoms with Crippen LogP contribution in [0, 0.1) is 5.92 Å². The first kappa shape index (κ1) is 12.0. The Kier molecular flexibility index (Phi) is 3.71. The summed E-state index contributed by atoms with van der Waals surface area (Å²) in [6.07, 6.45) is 4.94. The van der Waals surface area contributed by atoms with Crippen LogP contribution in [0.25, 0.3) is 0 Å². The maximum atomic E-state index is 11.6. The van der Waals surface area contributed by atoms with Gasteiger partial charge in [0, 0.05) is 18.9 Å². The number of fused-ring (bicyclic) bond motifs is 1. The molecule has 1 aromatic heterocycles. The van der Waals surface area contributed by atoms with Crippen molar-refractivity contribution in [2.75, 3.05) is 0 Å². The Labute approximate surface area is 100 Å². The summed E-state index contributed by atoms with van der Waals surface area (Å²) in [6, 6.07) is 1.62. The summed E-state index contributed by atoms with van der Waals surface area (Å²) in [5.41, 5.74) is 1.86. The third kappa shape index (κ3) is 3.02. The third-order valence-electron chi connectivity index (χ3n) is 3.32. The Bertz CT molecular complexity index is 465. The normalized spacial score (nSPS) is 18.8. The molecule has 1 N–H and O–H groups in total. The highest BCUT2D eigenvalue weighted by Gasteiger charge is 2.21. The molecule has 1 aliphatic rings. The predicted molar refractivity (Wildman–Crippen MR) is 64.9 cm³/mol. The highest BCUT2D eigenvalue weighted by molar-refractivity contribution is 5.78. The van der Waals surface area contributed by atoms with Crippen molar-refractivity contribution >= 4 is 5.78 Å². The largest absolute Gasteiger partial charge is 0.300 e. The maximum Gasteiger partial charge on any atom is 0.264 e. The second kappa shape index (κ2) is 5.25.